The normalized spacial score (nSPS) is 10.8. The number of nitrogens with one attached hydrogen (secondary N) is 1. The standard InChI is InChI=1S/C19H16N4OS2/c24-18(17-13-21-19(26-17)16-3-1-12-25-16)20-10-8-14-4-6-15(7-5-14)23-11-2-9-22-23/h1-7,9,11-13H,8,10H2,(H,20,24). The van der Waals surface area contributed by atoms with Gasteiger partial charge in [-0.3, -0.25) is 4.79 Å². The molecule has 0 radical (unpaired) electrons. The van der Waals surface area contributed by atoms with Crippen LogP contribution in [-0.4, -0.2) is 27.2 Å². The largest absolute Gasteiger partial charge is 0.351 e. The summed E-state index contributed by atoms with van der Waals surface area (Å²) in [5, 5.41) is 10.1. The topological polar surface area (TPSA) is 59.8 Å². The molecule has 0 unspecified atom stereocenters. The molecule has 3 aromatic heterocycles. The van der Waals surface area contributed by atoms with Crippen LogP contribution in [0.5, 0.6) is 0 Å². The first kappa shape index (κ1) is 16.7. The van der Waals surface area contributed by atoms with Gasteiger partial charge in [0.2, 0.25) is 0 Å². The molecule has 5 nitrogen and oxygen atoms in total. The fourth-order valence-corrected chi connectivity index (χ4v) is 4.17. The van der Waals surface area contributed by atoms with Crippen molar-refractivity contribution in [2.75, 3.05) is 6.54 Å². The van der Waals surface area contributed by atoms with Crippen LogP contribution >= 0.6 is 22.7 Å². The van der Waals surface area contributed by atoms with E-state index in [1.807, 2.05) is 46.6 Å². The molecule has 0 saturated heterocycles. The van der Waals surface area contributed by atoms with Gasteiger partial charge >= 0.3 is 0 Å². The first-order valence-corrected chi connectivity index (χ1v) is 9.86. The number of carbonyl (C=O) groups is 1. The average Bonchev–Trinajstić information content (AvgIpc) is 3.44. The van der Waals surface area contributed by atoms with Crippen molar-refractivity contribution in [2.24, 2.45) is 0 Å². The van der Waals surface area contributed by atoms with Gasteiger partial charge in [-0.25, -0.2) is 9.67 Å². The van der Waals surface area contributed by atoms with Crippen molar-refractivity contribution in [3.05, 3.63) is 76.9 Å². The van der Waals surface area contributed by atoms with E-state index in [0.717, 1.165) is 22.0 Å². The fourth-order valence-electron chi connectivity index (χ4n) is 2.54. The van der Waals surface area contributed by atoms with Crippen molar-refractivity contribution in [1.29, 1.82) is 0 Å². The quantitative estimate of drug-likeness (QED) is 0.549. The molecule has 0 aliphatic rings. The number of hydrogen-bond acceptors (Lipinski definition) is 5. The van der Waals surface area contributed by atoms with Gasteiger partial charge in [-0.1, -0.05) is 18.2 Å². The highest BCUT2D eigenvalue weighted by atomic mass is 32.1. The Bertz CT molecular complexity index is 973. The third kappa shape index (κ3) is 3.74. The Labute approximate surface area is 159 Å². The number of aromatic nitrogens is 3. The van der Waals surface area contributed by atoms with E-state index in [1.54, 1.807) is 23.7 Å². The molecule has 0 aliphatic carbocycles. The molecule has 4 rings (SSSR count). The van der Waals surface area contributed by atoms with Gasteiger partial charge in [-0.2, -0.15) is 5.10 Å². The molecule has 4 aromatic rings. The second kappa shape index (κ2) is 7.63. The van der Waals surface area contributed by atoms with Crippen LogP contribution in [0, 0.1) is 0 Å². The summed E-state index contributed by atoms with van der Waals surface area (Å²) in [5.74, 6) is -0.0709. The maximum Gasteiger partial charge on any atom is 0.263 e. The molecule has 0 bridgehead atoms. The molecule has 130 valence electrons. The zero-order valence-electron chi connectivity index (χ0n) is 13.8. The first-order valence-electron chi connectivity index (χ1n) is 8.16. The van der Waals surface area contributed by atoms with Gasteiger partial charge in [0.15, 0.2) is 0 Å². The number of hydrogen-bond donors (Lipinski definition) is 1. The van der Waals surface area contributed by atoms with E-state index in [1.165, 1.54) is 16.9 Å². The predicted octanol–water partition coefficient (Wildman–Crippen LogP) is 4.03. The molecular weight excluding hydrogens is 364 g/mol. The summed E-state index contributed by atoms with van der Waals surface area (Å²) in [6.07, 6.45) is 6.09. The van der Waals surface area contributed by atoms with Crippen molar-refractivity contribution in [3.8, 4) is 15.6 Å². The van der Waals surface area contributed by atoms with Gasteiger partial charge in [0.25, 0.3) is 5.91 Å². The molecule has 1 amide bonds. The Morgan fingerprint density at radius 2 is 2.04 bits per heavy atom. The molecule has 0 fully saturated rings. The van der Waals surface area contributed by atoms with Crippen LogP contribution in [0.4, 0.5) is 0 Å². The molecular formula is C19H16N4OS2. The summed E-state index contributed by atoms with van der Waals surface area (Å²) in [5.41, 5.74) is 2.19. The van der Waals surface area contributed by atoms with Crippen LogP contribution in [0.3, 0.4) is 0 Å². The Balaban J connectivity index is 1.31. The predicted molar refractivity (Wildman–Crippen MR) is 105 cm³/mol. The van der Waals surface area contributed by atoms with Crippen LogP contribution in [0.25, 0.3) is 15.6 Å². The van der Waals surface area contributed by atoms with Crippen molar-refractivity contribution in [2.45, 2.75) is 6.42 Å². The smallest absolute Gasteiger partial charge is 0.263 e. The Morgan fingerprint density at radius 3 is 2.77 bits per heavy atom. The average molecular weight is 380 g/mol. The number of rotatable bonds is 6. The van der Waals surface area contributed by atoms with Crippen LogP contribution < -0.4 is 5.32 Å². The minimum absolute atomic E-state index is 0.0709. The Kier molecular flexibility index (Phi) is 4.90. The zero-order chi connectivity index (χ0) is 17.8. The van der Waals surface area contributed by atoms with Crippen molar-refractivity contribution >= 4 is 28.6 Å². The maximum atomic E-state index is 12.3. The summed E-state index contributed by atoms with van der Waals surface area (Å²) in [6, 6.07) is 14.1. The molecule has 0 spiro atoms. The van der Waals surface area contributed by atoms with Crippen LogP contribution in [0.15, 0.2) is 66.4 Å². The molecule has 1 aromatic carbocycles. The van der Waals surface area contributed by atoms with Gasteiger partial charge in [0.1, 0.15) is 9.88 Å². The Morgan fingerprint density at radius 1 is 1.15 bits per heavy atom. The van der Waals surface area contributed by atoms with E-state index < -0.39 is 0 Å². The lowest BCUT2D eigenvalue weighted by Gasteiger charge is -2.05. The fraction of sp³-hybridized carbons (Fsp3) is 0.105. The van der Waals surface area contributed by atoms with Crippen molar-refractivity contribution in [3.63, 3.8) is 0 Å². The third-order valence-corrected chi connectivity index (χ3v) is 5.90. The summed E-state index contributed by atoms with van der Waals surface area (Å²) >= 11 is 3.05. The zero-order valence-corrected chi connectivity index (χ0v) is 15.5. The SMILES string of the molecule is O=C(NCCc1ccc(-n2cccn2)cc1)c1cnc(-c2cccs2)s1. The maximum absolute atomic E-state index is 12.3. The molecule has 3 heterocycles. The second-order valence-electron chi connectivity index (χ2n) is 5.63. The number of thiophene rings is 1. The van der Waals surface area contributed by atoms with Crippen molar-refractivity contribution in [1.82, 2.24) is 20.1 Å². The summed E-state index contributed by atoms with van der Waals surface area (Å²) in [6.45, 7) is 0.589. The number of nitrogens with zero attached hydrogens (tertiary/aromatic N) is 3. The number of carbonyl (C=O) groups excluding carboxylic acids is 1. The lowest BCUT2D eigenvalue weighted by atomic mass is 10.1. The Hall–Kier alpha value is -2.77. The van der Waals surface area contributed by atoms with Gasteiger partial charge in [0, 0.05) is 18.9 Å². The molecule has 7 heteroatoms. The summed E-state index contributed by atoms with van der Waals surface area (Å²) in [4.78, 5) is 18.3. The van der Waals surface area contributed by atoms with Crippen LogP contribution in [0.2, 0.25) is 0 Å². The van der Waals surface area contributed by atoms with E-state index in [-0.39, 0.29) is 5.91 Å². The lowest BCUT2D eigenvalue weighted by molar-refractivity contribution is 0.0958. The monoisotopic (exact) mass is 380 g/mol. The van der Waals surface area contributed by atoms with E-state index in [9.17, 15) is 4.79 Å². The van der Waals surface area contributed by atoms with Gasteiger partial charge in [0.05, 0.1) is 16.8 Å². The van der Waals surface area contributed by atoms with Gasteiger partial charge < -0.3 is 5.32 Å². The highest BCUT2D eigenvalue weighted by Gasteiger charge is 2.11. The van der Waals surface area contributed by atoms with E-state index in [4.69, 9.17) is 0 Å². The third-order valence-electron chi connectivity index (χ3n) is 3.87. The molecule has 0 atom stereocenters. The molecule has 1 N–H and O–H groups in total. The minimum Gasteiger partial charge on any atom is -0.351 e. The number of benzene rings is 1. The van der Waals surface area contributed by atoms with E-state index in [0.29, 0.717) is 11.4 Å². The number of amides is 1. The lowest BCUT2D eigenvalue weighted by Crippen LogP contribution is -2.24. The molecule has 26 heavy (non-hydrogen) atoms. The van der Waals surface area contributed by atoms with Gasteiger partial charge in [-0.05, 0) is 41.6 Å². The second-order valence-corrected chi connectivity index (χ2v) is 7.61. The summed E-state index contributed by atoms with van der Waals surface area (Å²) < 4.78 is 1.82. The van der Waals surface area contributed by atoms with E-state index >= 15 is 0 Å². The van der Waals surface area contributed by atoms with Crippen LogP contribution in [0.1, 0.15) is 15.2 Å². The molecule has 0 aliphatic heterocycles. The molecule has 0 saturated carbocycles. The summed E-state index contributed by atoms with van der Waals surface area (Å²) in [7, 11) is 0. The van der Waals surface area contributed by atoms with Crippen LogP contribution in [-0.2, 0) is 6.42 Å². The van der Waals surface area contributed by atoms with Gasteiger partial charge in [-0.15, -0.1) is 22.7 Å². The minimum atomic E-state index is -0.0709. The highest BCUT2D eigenvalue weighted by Crippen LogP contribution is 2.28. The highest BCUT2D eigenvalue weighted by molar-refractivity contribution is 7.21. The first-order chi connectivity index (χ1) is 12.8. The van der Waals surface area contributed by atoms with E-state index in [2.05, 4.69) is 27.5 Å². The van der Waals surface area contributed by atoms with Crippen molar-refractivity contribution < 1.29 is 4.79 Å². The number of thiazole rings is 1.